The van der Waals surface area contributed by atoms with Crippen LogP contribution in [0.2, 0.25) is 0 Å². The Labute approximate surface area is 75.7 Å². The molecule has 12 heavy (non-hydrogen) atoms. The average molecular weight is 168 g/mol. The largest absolute Gasteiger partial charge is 0.358 e. The van der Waals surface area contributed by atoms with Crippen molar-refractivity contribution in [1.82, 2.24) is 4.90 Å². The van der Waals surface area contributed by atoms with Crippen LogP contribution in [-0.2, 0) is 0 Å². The van der Waals surface area contributed by atoms with Crippen LogP contribution in [0.25, 0.3) is 0 Å². The number of rotatable bonds is 2. The van der Waals surface area contributed by atoms with Gasteiger partial charge in [-0.2, -0.15) is 0 Å². The summed E-state index contributed by atoms with van der Waals surface area (Å²) in [6.07, 6.45) is 5.06. The number of hydrogen-bond acceptors (Lipinski definition) is 1. The molecule has 0 radical (unpaired) electrons. The van der Waals surface area contributed by atoms with Crippen LogP contribution in [0, 0.1) is 0 Å². The van der Waals surface area contributed by atoms with Crippen molar-refractivity contribution >= 4 is 5.84 Å². The van der Waals surface area contributed by atoms with Gasteiger partial charge in [-0.1, -0.05) is 6.92 Å². The summed E-state index contributed by atoms with van der Waals surface area (Å²) in [6.45, 7) is 5.74. The van der Waals surface area contributed by atoms with Crippen molar-refractivity contribution in [3.63, 3.8) is 0 Å². The Morgan fingerprint density at radius 3 is 2.83 bits per heavy atom. The van der Waals surface area contributed by atoms with Gasteiger partial charge < -0.3 is 4.90 Å². The first-order chi connectivity index (χ1) is 5.79. The van der Waals surface area contributed by atoms with E-state index in [-0.39, 0.29) is 0 Å². The quantitative estimate of drug-likeness (QED) is 0.617. The van der Waals surface area contributed by atoms with Gasteiger partial charge in [0.05, 0.1) is 5.84 Å². The van der Waals surface area contributed by atoms with Gasteiger partial charge in [-0.25, -0.2) is 0 Å². The first kappa shape index (κ1) is 9.56. The first-order valence-corrected chi connectivity index (χ1v) is 5.02. The Morgan fingerprint density at radius 1 is 1.50 bits per heavy atom. The lowest BCUT2D eigenvalue weighted by molar-refractivity contribution is 0.290. The zero-order valence-corrected chi connectivity index (χ0v) is 8.51. The third-order valence-electron chi connectivity index (χ3n) is 2.76. The highest BCUT2D eigenvalue weighted by atomic mass is 15.2. The Bertz CT molecular complexity index is 163. The van der Waals surface area contributed by atoms with Gasteiger partial charge in [-0.05, 0) is 26.2 Å². The number of aliphatic imine (C=N–C) groups is 1. The Morgan fingerprint density at radius 2 is 2.25 bits per heavy atom. The Kier molecular flexibility index (Phi) is 3.57. The molecule has 1 aliphatic rings. The second-order valence-electron chi connectivity index (χ2n) is 3.55. The minimum atomic E-state index is 0.670. The molecule has 0 aromatic carbocycles. The van der Waals surface area contributed by atoms with Crippen LogP contribution in [0.3, 0.4) is 0 Å². The standard InChI is InChI=1S/C10H20N2/c1-4-9(2)12-8-6-5-7-10(12)11-3/h9H,4-8H2,1-3H3/b11-10-. The van der Waals surface area contributed by atoms with E-state index in [0.717, 1.165) is 0 Å². The molecule has 1 rings (SSSR count). The van der Waals surface area contributed by atoms with Crippen molar-refractivity contribution < 1.29 is 0 Å². The molecule has 0 N–H and O–H groups in total. The predicted octanol–water partition coefficient (Wildman–Crippen LogP) is 2.30. The fraction of sp³-hybridized carbons (Fsp3) is 0.900. The summed E-state index contributed by atoms with van der Waals surface area (Å²) < 4.78 is 0. The van der Waals surface area contributed by atoms with E-state index in [9.17, 15) is 0 Å². The summed E-state index contributed by atoms with van der Waals surface area (Å²) in [5.74, 6) is 1.32. The lowest BCUT2D eigenvalue weighted by Gasteiger charge is -2.35. The molecule has 2 nitrogen and oxygen atoms in total. The SMILES string of the molecule is CCC(C)N1CCCC/C1=N/C. The van der Waals surface area contributed by atoms with Crippen LogP contribution in [0.15, 0.2) is 4.99 Å². The molecular formula is C10H20N2. The van der Waals surface area contributed by atoms with Crippen molar-refractivity contribution in [3.05, 3.63) is 0 Å². The first-order valence-electron chi connectivity index (χ1n) is 5.02. The Hall–Kier alpha value is -0.530. The third kappa shape index (κ3) is 1.99. The van der Waals surface area contributed by atoms with Gasteiger partial charge in [0.25, 0.3) is 0 Å². The van der Waals surface area contributed by atoms with Crippen molar-refractivity contribution in [3.8, 4) is 0 Å². The number of amidine groups is 1. The summed E-state index contributed by atoms with van der Waals surface area (Å²) >= 11 is 0. The lowest BCUT2D eigenvalue weighted by atomic mass is 10.1. The molecule has 1 unspecified atom stereocenters. The molecule has 2 heteroatoms. The predicted molar refractivity (Wildman–Crippen MR) is 53.7 cm³/mol. The summed E-state index contributed by atoms with van der Waals surface area (Å²) in [5, 5.41) is 0. The summed E-state index contributed by atoms with van der Waals surface area (Å²) in [7, 11) is 1.91. The van der Waals surface area contributed by atoms with Crippen LogP contribution in [0.5, 0.6) is 0 Å². The molecule has 0 aromatic rings. The number of likely N-dealkylation sites (tertiary alicyclic amines) is 1. The highest BCUT2D eigenvalue weighted by molar-refractivity contribution is 5.83. The second kappa shape index (κ2) is 4.48. The highest BCUT2D eigenvalue weighted by Crippen LogP contribution is 2.16. The van der Waals surface area contributed by atoms with Crippen LogP contribution >= 0.6 is 0 Å². The maximum atomic E-state index is 4.34. The maximum absolute atomic E-state index is 4.34. The van der Waals surface area contributed by atoms with Gasteiger partial charge in [0, 0.05) is 26.1 Å². The highest BCUT2D eigenvalue weighted by Gasteiger charge is 2.19. The van der Waals surface area contributed by atoms with Crippen molar-refractivity contribution in [2.75, 3.05) is 13.6 Å². The molecule has 0 aromatic heterocycles. The molecule has 1 fully saturated rings. The molecule has 1 saturated heterocycles. The average Bonchev–Trinajstić information content (AvgIpc) is 2.16. The van der Waals surface area contributed by atoms with Crippen molar-refractivity contribution in [2.45, 2.75) is 45.6 Å². The van der Waals surface area contributed by atoms with Crippen LogP contribution in [0.1, 0.15) is 39.5 Å². The zero-order valence-electron chi connectivity index (χ0n) is 8.51. The van der Waals surface area contributed by atoms with E-state index in [2.05, 4.69) is 23.7 Å². The fourth-order valence-corrected chi connectivity index (χ4v) is 1.77. The van der Waals surface area contributed by atoms with Gasteiger partial charge in [0.1, 0.15) is 0 Å². The van der Waals surface area contributed by atoms with E-state index >= 15 is 0 Å². The van der Waals surface area contributed by atoms with E-state index in [1.54, 1.807) is 0 Å². The molecule has 1 atom stereocenters. The minimum absolute atomic E-state index is 0.670. The number of hydrogen-bond donors (Lipinski definition) is 0. The molecular weight excluding hydrogens is 148 g/mol. The Balaban J connectivity index is 2.59. The van der Waals surface area contributed by atoms with Gasteiger partial charge in [0.15, 0.2) is 0 Å². The third-order valence-corrected chi connectivity index (χ3v) is 2.76. The molecule has 0 saturated carbocycles. The van der Waals surface area contributed by atoms with E-state index in [1.807, 2.05) is 7.05 Å². The van der Waals surface area contributed by atoms with Gasteiger partial charge >= 0.3 is 0 Å². The van der Waals surface area contributed by atoms with E-state index in [1.165, 1.54) is 38.1 Å². The van der Waals surface area contributed by atoms with E-state index < -0.39 is 0 Å². The summed E-state index contributed by atoms with van der Waals surface area (Å²) in [4.78, 5) is 6.80. The second-order valence-corrected chi connectivity index (χ2v) is 3.55. The van der Waals surface area contributed by atoms with Gasteiger partial charge in [-0.15, -0.1) is 0 Å². The molecule has 1 aliphatic heterocycles. The molecule has 0 spiro atoms. The fourth-order valence-electron chi connectivity index (χ4n) is 1.77. The number of nitrogens with zero attached hydrogens (tertiary/aromatic N) is 2. The van der Waals surface area contributed by atoms with Gasteiger partial charge in [-0.3, -0.25) is 4.99 Å². The van der Waals surface area contributed by atoms with Gasteiger partial charge in [0.2, 0.25) is 0 Å². The van der Waals surface area contributed by atoms with Crippen LogP contribution in [-0.4, -0.2) is 30.4 Å². The topological polar surface area (TPSA) is 15.6 Å². The summed E-state index contributed by atoms with van der Waals surface area (Å²) in [5.41, 5.74) is 0. The molecule has 70 valence electrons. The van der Waals surface area contributed by atoms with E-state index in [4.69, 9.17) is 0 Å². The van der Waals surface area contributed by atoms with Crippen molar-refractivity contribution in [2.24, 2.45) is 4.99 Å². The molecule has 1 heterocycles. The molecule has 0 amide bonds. The summed E-state index contributed by atoms with van der Waals surface area (Å²) in [6, 6.07) is 0.670. The molecule has 0 aliphatic carbocycles. The van der Waals surface area contributed by atoms with Crippen molar-refractivity contribution in [1.29, 1.82) is 0 Å². The van der Waals surface area contributed by atoms with Crippen LogP contribution < -0.4 is 0 Å². The zero-order chi connectivity index (χ0) is 8.97. The van der Waals surface area contributed by atoms with Crippen LogP contribution in [0.4, 0.5) is 0 Å². The lowest BCUT2D eigenvalue weighted by Crippen LogP contribution is -2.41. The molecule has 0 bridgehead atoms. The normalized spacial score (nSPS) is 24.6. The smallest absolute Gasteiger partial charge is 0.0987 e. The monoisotopic (exact) mass is 168 g/mol. The number of piperidine rings is 1. The van der Waals surface area contributed by atoms with E-state index in [0.29, 0.717) is 6.04 Å². The maximum Gasteiger partial charge on any atom is 0.0987 e. The minimum Gasteiger partial charge on any atom is -0.358 e.